The summed E-state index contributed by atoms with van der Waals surface area (Å²) in [5, 5.41) is 0. The molecule has 8 unspecified atom stereocenters. The summed E-state index contributed by atoms with van der Waals surface area (Å²) in [5.41, 5.74) is 1.72. The summed E-state index contributed by atoms with van der Waals surface area (Å²) in [6.07, 6.45) is 23.1. The van der Waals surface area contributed by atoms with Crippen molar-refractivity contribution in [3.8, 4) is 0 Å². The molecule has 0 radical (unpaired) electrons. The van der Waals surface area contributed by atoms with Crippen molar-refractivity contribution in [2.24, 2.45) is 47.3 Å². The fraction of sp³-hybridized carbons (Fsp3) is 0.879. The van der Waals surface area contributed by atoms with Gasteiger partial charge in [0.15, 0.2) is 0 Å². The summed E-state index contributed by atoms with van der Waals surface area (Å²) >= 11 is 0. The zero-order chi connectivity index (χ0) is 24.7. The molecule has 0 spiro atoms. The largest absolute Gasteiger partial charge is 0.293 e. The SMILES string of the molecule is CCC/C(=C\C(C)CC(C)C1CC(C)CC1C)CN(CC=CC1CC1C(C)CC)C1CCCC1. The van der Waals surface area contributed by atoms with Gasteiger partial charge in [-0.3, -0.25) is 4.90 Å². The first-order valence-electron chi connectivity index (χ1n) is 15.4. The van der Waals surface area contributed by atoms with Gasteiger partial charge in [0.1, 0.15) is 0 Å². The van der Waals surface area contributed by atoms with Crippen LogP contribution in [0.4, 0.5) is 0 Å². The molecule has 0 aromatic carbocycles. The maximum Gasteiger partial charge on any atom is 0.0199 e. The van der Waals surface area contributed by atoms with Gasteiger partial charge in [-0.1, -0.05) is 98.0 Å². The predicted octanol–water partition coefficient (Wildman–Crippen LogP) is 9.54. The molecule has 1 nitrogen and oxygen atoms in total. The minimum absolute atomic E-state index is 0.711. The van der Waals surface area contributed by atoms with E-state index in [1.807, 2.05) is 0 Å². The van der Waals surface area contributed by atoms with Crippen molar-refractivity contribution < 1.29 is 0 Å². The third-order valence-corrected chi connectivity index (χ3v) is 9.98. The Morgan fingerprint density at radius 2 is 1.68 bits per heavy atom. The van der Waals surface area contributed by atoms with Crippen LogP contribution in [0.2, 0.25) is 0 Å². The van der Waals surface area contributed by atoms with Gasteiger partial charge in [-0.2, -0.15) is 0 Å². The van der Waals surface area contributed by atoms with Gasteiger partial charge in [0.05, 0.1) is 0 Å². The molecule has 0 aromatic heterocycles. The third kappa shape index (κ3) is 8.25. The molecule has 196 valence electrons. The average molecular weight is 470 g/mol. The Hall–Kier alpha value is -0.560. The van der Waals surface area contributed by atoms with E-state index in [-0.39, 0.29) is 0 Å². The Balaban J connectivity index is 1.58. The lowest BCUT2D eigenvalue weighted by atomic mass is 9.80. The maximum absolute atomic E-state index is 2.85. The monoisotopic (exact) mass is 469 g/mol. The molecule has 8 atom stereocenters. The van der Waals surface area contributed by atoms with Gasteiger partial charge in [-0.05, 0) is 92.3 Å². The van der Waals surface area contributed by atoms with E-state index < -0.39 is 0 Å². The second-order valence-corrected chi connectivity index (χ2v) is 13.2. The van der Waals surface area contributed by atoms with E-state index in [9.17, 15) is 0 Å². The molecule has 3 aliphatic carbocycles. The van der Waals surface area contributed by atoms with Crippen LogP contribution < -0.4 is 0 Å². The summed E-state index contributed by atoms with van der Waals surface area (Å²) in [6, 6.07) is 0.810. The van der Waals surface area contributed by atoms with E-state index in [0.717, 1.165) is 54.0 Å². The number of hydrogen-bond donors (Lipinski definition) is 0. The Bertz CT molecular complexity index is 641. The van der Waals surface area contributed by atoms with E-state index >= 15 is 0 Å². The normalized spacial score (nSPS) is 33.2. The van der Waals surface area contributed by atoms with Crippen molar-refractivity contribution in [3.63, 3.8) is 0 Å². The van der Waals surface area contributed by atoms with E-state index in [1.54, 1.807) is 5.57 Å². The molecule has 3 fully saturated rings. The average Bonchev–Trinajstić information content (AvgIpc) is 3.18. The maximum atomic E-state index is 2.85. The minimum Gasteiger partial charge on any atom is -0.293 e. The van der Waals surface area contributed by atoms with E-state index in [4.69, 9.17) is 0 Å². The standard InChI is InChI=1S/C33H59N/c1-8-13-29(20-24(3)18-27(6)32-21-25(4)19-28(32)7)23-34(31-15-10-11-16-31)17-12-14-30-22-33(30)26(5)9-2/h12,14,20,24-28,30-33H,8-11,13,15-19,21-23H2,1-7H3/b14-12?,29-20+. The summed E-state index contributed by atoms with van der Waals surface area (Å²) in [4.78, 5) is 2.85. The van der Waals surface area contributed by atoms with Crippen molar-refractivity contribution >= 4 is 0 Å². The molecule has 1 heteroatoms. The van der Waals surface area contributed by atoms with Crippen molar-refractivity contribution in [3.05, 3.63) is 23.8 Å². The Morgan fingerprint density at radius 3 is 2.29 bits per heavy atom. The van der Waals surface area contributed by atoms with Gasteiger partial charge in [-0.15, -0.1) is 0 Å². The molecular weight excluding hydrogens is 410 g/mol. The molecule has 0 N–H and O–H groups in total. The molecule has 0 aliphatic heterocycles. The van der Waals surface area contributed by atoms with E-state index in [1.165, 1.54) is 77.2 Å². The van der Waals surface area contributed by atoms with Gasteiger partial charge < -0.3 is 0 Å². The smallest absolute Gasteiger partial charge is 0.0199 e. The van der Waals surface area contributed by atoms with E-state index in [0.29, 0.717) is 5.92 Å². The Labute approximate surface area is 214 Å². The fourth-order valence-electron chi connectivity index (χ4n) is 7.82. The van der Waals surface area contributed by atoms with Gasteiger partial charge in [0.2, 0.25) is 0 Å². The van der Waals surface area contributed by atoms with Gasteiger partial charge in [0, 0.05) is 19.1 Å². The topological polar surface area (TPSA) is 3.24 Å². The molecule has 0 heterocycles. The molecule has 0 bridgehead atoms. The first-order valence-corrected chi connectivity index (χ1v) is 15.4. The highest BCUT2D eigenvalue weighted by Crippen LogP contribution is 2.46. The van der Waals surface area contributed by atoms with Crippen LogP contribution in [-0.2, 0) is 0 Å². The van der Waals surface area contributed by atoms with Crippen molar-refractivity contribution in [2.75, 3.05) is 13.1 Å². The highest BCUT2D eigenvalue weighted by atomic mass is 15.2. The fourth-order valence-corrected chi connectivity index (χ4v) is 7.82. The highest BCUT2D eigenvalue weighted by molar-refractivity contribution is 5.09. The van der Waals surface area contributed by atoms with Crippen LogP contribution in [-0.4, -0.2) is 24.0 Å². The second-order valence-electron chi connectivity index (χ2n) is 13.2. The molecule has 34 heavy (non-hydrogen) atoms. The molecule has 3 rings (SSSR count). The van der Waals surface area contributed by atoms with Crippen LogP contribution in [0, 0.1) is 47.3 Å². The Kier molecular flexibility index (Phi) is 11.3. The highest BCUT2D eigenvalue weighted by Gasteiger charge is 2.38. The van der Waals surface area contributed by atoms with Crippen molar-refractivity contribution in [1.82, 2.24) is 4.90 Å². The molecule has 0 aromatic rings. The molecular formula is C33H59N. The van der Waals surface area contributed by atoms with Crippen LogP contribution in [0.25, 0.3) is 0 Å². The van der Waals surface area contributed by atoms with Crippen LogP contribution in [0.15, 0.2) is 23.8 Å². The Morgan fingerprint density at radius 1 is 0.941 bits per heavy atom. The van der Waals surface area contributed by atoms with Crippen LogP contribution in [0.3, 0.4) is 0 Å². The zero-order valence-electron chi connectivity index (χ0n) is 24.1. The van der Waals surface area contributed by atoms with Crippen LogP contribution >= 0.6 is 0 Å². The third-order valence-electron chi connectivity index (χ3n) is 9.98. The number of allylic oxidation sites excluding steroid dienone is 2. The molecule has 3 aliphatic rings. The van der Waals surface area contributed by atoms with Crippen molar-refractivity contribution in [1.29, 1.82) is 0 Å². The predicted molar refractivity (Wildman–Crippen MR) is 151 cm³/mol. The van der Waals surface area contributed by atoms with Crippen LogP contribution in [0.5, 0.6) is 0 Å². The van der Waals surface area contributed by atoms with E-state index in [2.05, 4.69) is 71.6 Å². The van der Waals surface area contributed by atoms with Gasteiger partial charge in [-0.25, -0.2) is 0 Å². The molecule has 0 saturated heterocycles. The first-order chi connectivity index (χ1) is 16.3. The van der Waals surface area contributed by atoms with Crippen molar-refractivity contribution in [2.45, 2.75) is 125 Å². The summed E-state index contributed by atoms with van der Waals surface area (Å²) in [5.74, 6) is 7.11. The summed E-state index contributed by atoms with van der Waals surface area (Å²) in [7, 11) is 0. The summed E-state index contributed by atoms with van der Waals surface area (Å²) < 4.78 is 0. The molecule has 3 saturated carbocycles. The quantitative estimate of drug-likeness (QED) is 0.229. The molecule has 0 amide bonds. The second kappa shape index (κ2) is 13.7. The van der Waals surface area contributed by atoms with Gasteiger partial charge in [0.25, 0.3) is 0 Å². The number of nitrogens with zero attached hydrogens (tertiary/aromatic N) is 1. The number of hydrogen-bond acceptors (Lipinski definition) is 1. The lowest BCUT2D eigenvalue weighted by Crippen LogP contribution is -2.35. The summed E-state index contributed by atoms with van der Waals surface area (Å²) in [6.45, 7) is 19.5. The lowest BCUT2D eigenvalue weighted by molar-refractivity contribution is 0.234. The van der Waals surface area contributed by atoms with Crippen LogP contribution in [0.1, 0.15) is 119 Å². The first kappa shape index (κ1) is 28.0. The zero-order valence-corrected chi connectivity index (χ0v) is 24.1. The minimum atomic E-state index is 0.711. The van der Waals surface area contributed by atoms with Gasteiger partial charge >= 0.3 is 0 Å². The number of rotatable bonds is 14. The lowest BCUT2D eigenvalue weighted by Gasteiger charge is -2.30.